The van der Waals surface area contributed by atoms with E-state index in [2.05, 4.69) is 34.8 Å². The smallest absolute Gasteiger partial charge is 0.240 e. The molecule has 1 aliphatic carbocycles. The molecule has 6 rings (SSSR count). The standard InChI is InChI=1S/C32H35N3O4S/c1-22-7-5-6-10-28(22)30-19-25-13-16-27(20-29(25)33-30)40(37,38)34-26-14-11-24(12-15-26)32(36)35-17-18-39-21-31(35)23-8-3-2-4-9-23/h2-10,13,16,19-20,24,26,31,33-34H,11-12,14-15,17-18,21H2,1H3. The molecule has 8 heteroatoms. The summed E-state index contributed by atoms with van der Waals surface area (Å²) < 4.78 is 35.3. The Kier molecular flexibility index (Phi) is 7.49. The van der Waals surface area contributed by atoms with E-state index in [4.69, 9.17) is 4.74 Å². The van der Waals surface area contributed by atoms with Crippen LogP contribution in [0.3, 0.4) is 0 Å². The number of fused-ring (bicyclic) bond motifs is 1. The van der Waals surface area contributed by atoms with E-state index in [1.807, 2.05) is 53.4 Å². The van der Waals surface area contributed by atoms with E-state index < -0.39 is 10.0 Å². The van der Waals surface area contributed by atoms with Crippen LogP contribution in [-0.2, 0) is 19.6 Å². The Morgan fingerprint density at radius 1 is 0.950 bits per heavy atom. The first-order chi connectivity index (χ1) is 19.4. The van der Waals surface area contributed by atoms with Crippen molar-refractivity contribution >= 4 is 26.8 Å². The molecule has 2 aliphatic rings. The number of nitrogens with zero attached hydrogens (tertiary/aromatic N) is 1. The third kappa shape index (κ3) is 5.44. The lowest BCUT2D eigenvalue weighted by molar-refractivity contribution is -0.145. The van der Waals surface area contributed by atoms with Gasteiger partial charge in [0.2, 0.25) is 15.9 Å². The number of carbonyl (C=O) groups excluding carboxylic acids is 1. The van der Waals surface area contributed by atoms with Crippen LogP contribution in [0.1, 0.15) is 42.9 Å². The van der Waals surface area contributed by atoms with E-state index >= 15 is 0 Å². The lowest BCUT2D eigenvalue weighted by Crippen LogP contribution is -2.47. The number of H-pyrrole nitrogens is 1. The monoisotopic (exact) mass is 557 g/mol. The summed E-state index contributed by atoms with van der Waals surface area (Å²) in [5, 5.41) is 0.966. The third-order valence-corrected chi connectivity index (χ3v) is 9.85. The second-order valence-corrected chi connectivity index (χ2v) is 12.7. The minimum atomic E-state index is -3.70. The van der Waals surface area contributed by atoms with Gasteiger partial charge in [-0.25, -0.2) is 13.1 Å². The average Bonchev–Trinajstić information content (AvgIpc) is 3.41. The van der Waals surface area contributed by atoms with Crippen molar-refractivity contribution in [2.75, 3.05) is 19.8 Å². The Hall–Kier alpha value is -3.46. The van der Waals surface area contributed by atoms with Crippen LogP contribution in [0.15, 0.2) is 83.8 Å². The Morgan fingerprint density at radius 2 is 1.70 bits per heavy atom. The van der Waals surface area contributed by atoms with E-state index in [0.717, 1.165) is 33.3 Å². The van der Waals surface area contributed by atoms with Gasteiger partial charge in [0.05, 0.1) is 24.2 Å². The molecule has 208 valence electrons. The molecule has 1 saturated heterocycles. The lowest BCUT2D eigenvalue weighted by atomic mass is 9.85. The first kappa shape index (κ1) is 26.7. The van der Waals surface area contributed by atoms with Crippen LogP contribution in [0.5, 0.6) is 0 Å². The zero-order valence-electron chi connectivity index (χ0n) is 22.7. The van der Waals surface area contributed by atoms with Crippen molar-refractivity contribution in [2.45, 2.75) is 49.6 Å². The fraction of sp³-hybridized carbons (Fsp3) is 0.344. The predicted octanol–water partition coefficient (Wildman–Crippen LogP) is 5.58. The van der Waals surface area contributed by atoms with Gasteiger partial charge in [-0.1, -0.05) is 60.7 Å². The highest BCUT2D eigenvalue weighted by molar-refractivity contribution is 7.89. The molecule has 40 heavy (non-hydrogen) atoms. The maximum atomic E-state index is 13.5. The summed E-state index contributed by atoms with van der Waals surface area (Å²) >= 11 is 0. The van der Waals surface area contributed by atoms with E-state index in [1.54, 1.807) is 12.1 Å². The summed E-state index contributed by atoms with van der Waals surface area (Å²) in [6, 6.07) is 25.2. The molecule has 0 bridgehead atoms. The Labute approximate surface area is 235 Å². The van der Waals surface area contributed by atoms with Crippen LogP contribution in [0, 0.1) is 12.8 Å². The van der Waals surface area contributed by atoms with Gasteiger partial charge in [0, 0.05) is 40.7 Å². The number of benzene rings is 3. The molecule has 3 aromatic carbocycles. The van der Waals surface area contributed by atoms with E-state index in [-0.39, 0.29) is 28.8 Å². The first-order valence-corrected chi connectivity index (χ1v) is 15.5. The van der Waals surface area contributed by atoms with Gasteiger partial charge in [-0.15, -0.1) is 0 Å². The van der Waals surface area contributed by atoms with Gasteiger partial charge in [-0.2, -0.15) is 0 Å². The quantitative estimate of drug-likeness (QED) is 0.324. The number of carbonyl (C=O) groups is 1. The molecule has 0 radical (unpaired) electrons. The zero-order chi connectivity index (χ0) is 27.7. The van der Waals surface area contributed by atoms with Crippen molar-refractivity contribution in [1.82, 2.24) is 14.6 Å². The molecule has 7 nitrogen and oxygen atoms in total. The number of sulfonamides is 1. The second kappa shape index (κ2) is 11.2. The number of aryl methyl sites for hydroxylation is 1. The predicted molar refractivity (Wildman–Crippen MR) is 156 cm³/mol. The number of morpholine rings is 1. The normalized spacial score (nSPS) is 21.9. The fourth-order valence-corrected chi connectivity index (χ4v) is 7.42. The van der Waals surface area contributed by atoms with E-state index in [0.29, 0.717) is 45.4 Å². The van der Waals surface area contributed by atoms with Crippen LogP contribution in [0.25, 0.3) is 22.2 Å². The summed E-state index contributed by atoms with van der Waals surface area (Å²) in [5.74, 6) is 0.0558. The summed E-state index contributed by atoms with van der Waals surface area (Å²) in [7, 11) is -3.70. The van der Waals surface area contributed by atoms with Crippen LogP contribution in [0.4, 0.5) is 0 Å². The topological polar surface area (TPSA) is 91.5 Å². The molecular formula is C32H35N3O4S. The van der Waals surface area contributed by atoms with Gasteiger partial charge in [0.1, 0.15) is 0 Å². The van der Waals surface area contributed by atoms with Crippen LogP contribution in [0.2, 0.25) is 0 Å². The summed E-state index contributed by atoms with van der Waals surface area (Å²) in [5.41, 5.74) is 5.09. The molecule has 1 atom stereocenters. The first-order valence-electron chi connectivity index (χ1n) is 14.0. The van der Waals surface area contributed by atoms with Crippen molar-refractivity contribution in [3.63, 3.8) is 0 Å². The van der Waals surface area contributed by atoms with Crippen molar-refractivity contribution in [3.8, 4) is 11.3 Å². The summed E-state index contributed by atoms with van der Waals surface area (Å²) in [4.78, 5) is 19.1. The van der Waals surface area contributed by atoms with Gasteiger partial charge in [-0.3, -0.25) is 4.79 Å². The van der Waals surface area contributed by atoms with Crippen molar-refractivity contribution in [2.24, 2.45) is 5.92 Å². The molecule has 2 fully saturated rings. The summed E-state index contributed by atoms with van der Waals surface area (Å²) in [6.45, 7) is 3.69. The highest BCUT2D eigenvalue weighted by Gasteiger charge is 2.35. The fourth-order valence-electron chi connectivity index (χ4n) is 6.09. The number of aromatic amines is 1. The number of hydrogen-bond donors (Lipinski definition) is 2. The molecule has 0 spiro atoms. The van der Waals surface area contributed by atoms with Gasteiger partial charge < -0.3 is 14.6 Å². The Morgan fingerprint density at radius 3 is 2.48 bits per heavy atom. The molecule has 1 amide bonds. The van der Waals surface area contributed by atoms with Gasteiger partial charge in [0.25, 0.3) is 0 Å². The van der Waals surface area contributed by atoms with Crippen LogP contribution < -0.4 is 4.72 Å². The van der Waals surface area contributed by atoms with Gasteiger partial charge in [0.15, 0.2) is 0 Å². The van der Waals surface area contributed by atoms with E-state index in [1.165, 1.54) is 0 Å². The van der Waals surface area contributed by atoms with Crippen molar-refractivity contribution in [3.05, 3.63) is 90.0 Å². The molecule has 2 heterocycles. The molecule has 1 aliphatic heterocycles. The van der Waals surface area contributed by atoms with Gasteiger partial charge in [-0.05, 0) is 61.9 Å². The summed E-state index contributed by atoms with van der Waals surface area (Å²) in [6.07, 6.45) is 2.61. The maximum absolute atomic E-state index is 13.5. The molecule has 1 aromatic heterocycles. The van der Waals surface area contributed by atoms with Crippen molar-refractivity contribution in [1.29, 1.82) is 0 Å². The third-order valence-electron chi connectivity index (χ3n) is 8.33. The average molecular weight is 558 g/mol. The Bertz CT molecular complexity index is 1610. The van der Waals surface area contributed by atoms with E-state index in [9.17, 15) is 13.2 Å². The number of ether oxygens (including phenoxy) is 1. The number of aromatic nitrogens is 1. The number of rotatable bonds is 6. The zero-order valence-corrected chi connectivity index (χ0v) is 23.5. The minimum Gasteiger partial charge on any atom is -0.377 e. The van der Waals surface area contributed by atoms with Crippen molar-refractivity contribution < 1.29 is 17.9 Å². The molecule has 1 unspecified atom stereocenters. The lowest BCUT2D eigenvalue weighted by Gasteiger charge is -2.39. The second-order valence-electron chi connectivity index (χ2n) is 10.9. The number of amides is 1. The highest BCUT2D eigenvalue weighted by atomic mass is 32.2. The van der Waals surface area contributed by atoms with Gasteiger partial charge >= 0.3 is 0 Å². The maximum Gasteiger partial charge on any atom is 0.240 e. The number of hydrogen-bond acceptors (Lipinski definition) is 4. The van der Waals surface area contributed by atoms with Crippen LogP contribution >= 0.6 is 0 Å². The largest absolute Gasteiger partial charge is 0.377 e. The molecule has 2 N–H and O–H groups in total. The SMILES string of the molecule is Cc1ccccc1-c1cc2ccc(S(=O)(=O)NC3CCC(C(=O)N4CCOCC4c4ccccc4)CC3)cc2[nH]1. The molecule has 1 saturated carbocycles. The minimum absolute atomic E-state index is 0.0760. The molecular weight excluding hydrogens is 522 g/mol. The highest BCUT2D eigenvalue weighted by Crippen LogP contribution is 2.32. The number of nitrogens with one attached hydrogen (secondary N) is 2. The molecule has 4 aromatic rings. The Balaban J connectivity index is 1.11. The van der Waals surface area contributed by atoms with Crippen LogP contribution in [-0.4, -0.2) is 50.0 Å².